The summed E-state index contributed by atoms with van der Waals surface area (Å²) in [7, 11) is 1.65. The Hall–Kier alpha value is -3.22. The van der Waals surface area contributed by atoms with Crippen molar-refractivity contribution in [1.29, 1.82) is 0 Å². The molecule has 0 amide bonds. The number of hydrogen-bond donors (Lipinski definition) is 1. The second kappa shape index (κ2) is 17.8. The van der Waals surface area contributed by atoms with Crippen molar-refractivity contribution in [3.05, 3.63) is 71.3 Å². The molecule has 1 fully saturated rings. The second-order valence-corrected chi connectivity index (χ2v) is 19.1. The molecule has 0 aromatic heterocycles. The van der Waals surface area contributed by atoms with Crippen LogP contribution in [0.25, 0.3) is 0 Å². The lowest BCUT2D eigenvalue weighted by Crippen LogP contribution is -2.37. The van der Waals surface area contributed by atoms with Gasteiger partial charge >= 0.3 is 11.9 Å². The van der Waals surface area contributed by atoms with Gasteiger partial charge < -0.3 is 38.3 Å². The maximum atomic E-state index is 13.5. The zero-order chi connectivity index (χ0) is 34.6. The third-order valence-electron chi connectivity index (χ3n) is 7.55. The minimum atomic E-state index is -1.42. The molecule has 1 N–H and O–H groups in total. The lowest BCUT2D eigenvalue weighted by molar-refractivity contribution is -0.153. The van der Waals surface area contributed by atoms with Crippen LogP contribution in [-0.4, -0.2) is 82.9 Å². The minimum absolute atomic E-state index is 0.0442. The summed E-state index contributed by atoms with van der Waals surface area (Å²) in [6, 6.07) is 13.1. The Bertz CT molecular complexity index is 1320. The molecule has 4 atom stereocenters. The van der Waals surface area contributed by atoms with E-state index >= 15 is 0 Å². The minimum Gasteiger partial charge on any atom is -0.497 e. The van der Waals surface area contributed by atoms with E-state index in [4.69, 9.17) is 33.2 Å². The highest BCUT2D eigenvalue weighted by Crippen LogP contribution is 2.36. The van der Waals surface area contributed by atoms with Gasteiger partial charge in [0.05, 0.1) is 31.5 Å². The first-order valence-electron chi connectivity index (χ1n) is 16.2. The summed E-state index contributed by atoms with van der Waals surface area (Å²) in [5.74, 6) is -0.993. The van der Waals surface area contributed by atoms with Crippen molar-refractivity contribution in [2.75, 3.05) is 27.6 Å². The van der Waals surface area contributed by atoms with E-state index < -0.39 is 50.2 Å². The van der Waals surface area contributed by atoms with Crippen LogP contribution in [0.2, 0.25) is 25.7 Å². The van der Waals surface area contributed by atoms with E-state index in [9.17, 15) is 14.7 Å². The highest BCUT2D eigenvalue weighted by Gasteiger charge is 2.45. The van der Waals surface area contributed by atoms with Gasteiger partial charge in [-0.1, -0.05) is 43.9 Å². The zero-order valence-electron chi connectivity index (χ0n) is 29.1. The molecular formula is C36H52O10Si. The molecule has 0 bridgehead atoms. The van der Waals surface area contributed by atoms with Gasteiger partial charge in [-0.2, -0.15) is 0 Å². The van der Waals surface area contributed by atoms with E-state index in [1.165, 1.54) is 7.11 Å². The highest BCUT2D eigenvalue weighted by atomic mass is 28.3. The van der Waals surface area contributed by atoms with Crippen LogP contribution < -0.4 is 9.47 Å². The number of aliphatic hydroxyl groups excluding tert-OH is 1. The van der Waals surface area contributed by atoms with Gasteiger partial charge in [-0.25, -0.2) is 9.59 Å². The van der Waals surface area contributed by atoms with Crippen LogP contribution >= 0.6 is 0 Å². The number of esters is 2. The molecule has 1 heterocycles. The van der Waals surface area contributed by atoms with Crippen LogP contribution in [0.3, 0.4) is 0 Å². The topological polar surface area (TPSA) is 119 Å². The van der Waals surface area contributed by atoms with Gasteiger partial charge in [0.2, 0.25) is 0 Å². The summed E-state index contributed by atoms with van der Waals surface area (Å²) < 4.78 is 40.8. The molecule has 1 unspecified atom stereocenters. The van der Waals surface area contributed by atoms with E-state index in [1.807, 2.05) is 26.0 Å². The normalized spacial score (nSPS) is 18.9. The number of benzene rings is 2. The first-order valence-corrected chi connectivity index (χ1v) is 19.9. The fourth-order valence-electron chi connectivity index (χ4n) is 5.20. The third kappa shape index (κ3) is 12.4. The van der Waals surface area contributed by atoms with Crippen LogP contribution in [-0.2, 0) is 30.1 Å². The highest BCUT2D eigenvalue weighted by molar-refractivity contribution is 6.76. The van der Waals surface area contributed by atoms with Gasteiger partial charge in [-0.05, 0) is 82.3 Å². The number of aryl methyl sites for hydroxylation is 1. The molecule has 0 spiro atoms. The van der Waals surface area contributed by atoms with Crippen molar-refractivity contribution in [3.63, 3.8) is 0 Å². The molecule has 11 heteroatoms. The van der Waals surface area contributed by atoms with E-state index in [2.05, 4.69) is 19.6 Å². The number of aliphatic hydroxyl groups is 1. The van der Waals surface area contributed by atoms with Crippen LogP contribution in [0.15, 0.2) is 54.6 Å². The Kier molecular flexibility index (Phi) is 14.5. The van der Waals surface area contributed by atoms with Gasteiger partial charge in [0, 0.05) is 21.3 Å². The average Bonchev–Trinajstić information content (AvgIpc) is 3.32. The molecule has 3 rings (SSSR count). The Morgan fingerprint density at radius 1 is 1.06 bits per heavy atom. The average molecular weight is 673 g/mol. The molecule has 1 aliphatic heterocycles. The molecule has 0 radical (unpaired) electrons. The Labute approximate surface area is 280 Å². The van der Waals surface area contributed by atoms with Gasteiger partial charge in [0.15, 0.2) is 12.6 Å². The standard InChI is InChI=1S/C36H52O10Si/c1-25(37)14-12-18-29(44-34(38)26-15-10-9-11-16-26)33-30(45-36(2,3)46-33)19-13-17-27-22-28(41-5)23-31(43-24-40-4)32(27)35(39)42-20-21-47(6,7)8/h9-12,15-16,18,22-23,25,29-30,33,37H,13-14,17,19-21,24H2,1-8H3/t25-,29?,30-,33+/m0/s1. The van der Waals surface area contributed by atoms with Crippen molar-refractivity contribution < 1.29 is 47.9 Å². The number of methoxy groups -OCH3 is 2. The number of carbonyl (C=O) groups excluding carboxylic acids is 2. The lowest BCUT2D eigenvalue weighted by Gasteiger charge is -2.25. The first-order chi connectivity index (χ1) is 22.2. The van der Waals surface area contributed by atoms with E-state index in [0.717, 1.165) is 6.04 Å². The Morgan fingerprint density at radius 2 is 1.79 bits per heavy atom. The van der Waals surface area contributed by atoms with Crippen molar-refractivity contribution in [2.45, 2.75) is 102 Å². The lowest BCUT2D eigenvalue weighted by atomic mass is 9.96. The quantitative estimate of drug-likeness (QED) is 0.0806. The van der Waals surface area contributed by atoms with Crippen LogP contribution in [0.1, 0.15) is 66.3 Å². The van der Waals surface area contributed by atoms with E-state index in [1.54, 1.807) is 56.5 Å². The Balaban J connectivity index is 1.84. The maximum absolute atomic E-state index is 13.5. The first kappa shape index (κ1) is 38.2. The predicted molar refractivity (Wildman–Crippen MR) is 182 cm³/mol. The summed E-state index contributed by atoms with van der Waals surface area (Å²) in [5, 5.41) is 9.83. The molecule has 47 heavy (non-hydrogen) atoms. The van der Waals surface area contributed by atoms with Crippen LogP contribution in [0, 0.1) is 0 Å². The second-order valence-electron chi connectivity index (χ2n) is 13.4. The molecule has 0 aliphatic carbocycles. The largest absolute Gasteiger partial charge is 0.497 e. The SMILES string of the molecule is COCOc1cc(OC)cc(CCC[C@@H]2OC(C)(C)O[C@@H]2C(C=CC[C@H](C)O)OC(=O)c2ccccc2)c1C(=O)OCC[Si](C)(C)C. The number of ether oxygens (including phenoxy) is 7. The van der Waals surface area contributed by atoms with Crippen molar-refractivity contribution >= 4 is 20.0 Å². The summed E-state index contributed by atoms with van der Waals surface area (Å²) in [5.41, 5.74) is 1.48. The molecule has 2 aromatic rings. The third-order valence-corrected chi connectivity index (χ3v) is 9.25. The summed E-state index contributed by atoms with van der Waals surface area (Å²) in [6.07, 6.45) is 3.19. The van der Waals surface area contributed by atoms with Crippen molar-refractivity contribution in [2.24, 2.45) is 0 Å². The van der Waals surface area contributed by atoms with E-state index in [0.29, 0.717) is 60.5 Å². The van der Waals surface area contributed by atoms with E-state index in [-0.39, 0.29) is 6.79 Å². The molecule has 1 aliphatic rings. The summed E-state index contributed by atoms with van der Waals surface area (Å²) >= 11 is 0. The molecule has 260 valence electrons. The smallest absolute Gasteiger partial charge is 0.342 e. The molecule has 2 aromatic carbocycles. The van der Waals surface area contributed by atoms with Gasteiger partial charge in [0.25, 0.3) is 0 Å². The molecule has 0 saturated carbocycles. The molecule has 10 nitrogen and oxygen atoms in total. The zero-order valence-corrected chi connectivity index (χ0v) is 30.1. The summed E-state index contributed by atoms with van der Waals surface area (Å²) in [4.78, 5) is 26.6. The van der Waals surface area contributed by atoms with Gasteiger partial charge in [-0.15, -0.1) is 0 Å². The molecular weight excluding hydrogens is 620 g/mol. The number of rotatable bonds is 18. The fraction of sp³-hybridized carbons (Fsp3) is 0.556. The van der Waals surface area contributed by atoms with Crippen molar-refractivity contribution in [1.82, 2.24) is 0 Å². The Morgan fingerprint density at radius 3 is 2.43 bits per heavy atom. The molecule has 1 saturated heterocycles. The van der Waals surface area contributed by atoms with Crippen molar-refractivity contribution in [3.8, 4) is 11.5 Å². The monoisotopic (exact) mass is 672 g/mol. The maximum Gasteiger partial charge on any atom is 0.342 e. The van der Waals surface area contributed by atoms with Gasteiger partial charge in [0.1, 0.15) is 29.3 Å². The number of hydrogen-bond acceptors (Lipinski definition) is 10. The van der Waals surface area contributed by atoms with Gasteiger partial charge in [-0.3, -0.25) is 0 Å². The van der Waals surface area contributed by atoms with Crippen LogP contribution in [0.5, 0.6) is 11.5 Å². The number of carbonyl (C=O) groups is 2. The summed E-state index contributed by atoms with van der Waals surface area (Å²) in [6.45, 7) is 12.3. The fourth-order valence-corrected chi connectivity index (χ4v) is 5.91. The van der Waals surface area contributed by atoms with Crippen LogP contribution in [0.4, 0.5) is 0 Å². The predicted octanol–water partition coefficient (Wildman–Crippen LogP) is 6.57.